The lowest BCUT2D eigenvalue weighted by Crippen LogP contribution is -2.31. The summed E-state index contributed by atoms with van der Waals surface area (Å²) in [5.41, 5.74) is 0. The third-order valence-corrected chi connectivity index (χ3v) is 2.67. The Morgan fingerprint density at radius 1 is 1.50 bits per heavy atom. The molecule has 18 heavy (non-hydrogen) atoms. The van der Waals surface area contributed by atoms with E-state index in [2.05, 4.69) is 17.6 Å². The summed E-state index contributed by atoms with van der Waals surface area (Å²) in [6, 6.07) is 3.99. The van der Waals surface area contributed by atoms with Crippen molar-refractivity contribution in [1.82, 2.24) is 10.6 Å². The lowest BCUT2D eigenvalue weighted by Gasteiger charge is -2.14. The molecule has 2 N–H and O–H groups in total. The van der Waals surface area contributed by atoms with Crippen molar-refractivity contribution < 1.29 is 13.9 Å². The van der Waals surface area contributed by atoms with E-state index >= 15 is 0 Å². The Bertz CT molecular complexity index is 325. The fraction of sp³-hybridized carbons (Fsp3) is 0.615. The molecule has 0 aliphatic rings. The Hall–Kier alpha value is -1.33. The molecule has 1 amide bonds. The Balaban J connectivity index is 2.17. The van der Waals surface area contributed by atoms with Crippen molar-refractivity contribution in [2.24, 2.45) is 0 Å². The fourth-order valence-corrected chi connectivity index (χ4v) is 1.68. The molecule has 0 aliphatic heterocycles. The van der Waals surface area contributed by atoms with E-state index in [1.807, 2.05) is 12.1 Å². The van der Waals surface area contributed by atoms with Crippen LogP contribution in [0.2, 0.25) is 0 Å². The van der Waals surface area contributed by atoms with Crippen LogP contribution in [-0.2, 0) is 9.53 Å². The second-order valence-corrected chi connectivity index (χ2v) is 4.02. The van der Waals surface area contributed by atoms with Gasteiger partial charge in [0.25, 0.3) is 0 Å². The van der Waals surface area contributed by atoms with Crippen LogP contribution in [0.3, 0.4) is 0 Å². The van der Waals surface area contributed by atoms with Crippen molar-refractivity contribution in [3.63, 3.8) is 0 Å². The second kappa shape index (κ2) is 8.72. The van der Waals surface area contributed by atoms with Crippen LogP contribution in [0.5, 0.6) is 0 Å². The van der Waals surface area contributed by atoms with E-state index in [9.17, 15) is 4.79 Å². The Kier molecular flexibility index (Phi) is 7.13. The number of carbonyl (C=O) groups excluding carboxylic acids is 1. The van der Waals surface area contributed by atoms with E-state index in [4.69, 9.17) is 9.15 Å². The zero-order valence-electron chi connectivity index (χ0n) is 11.1. The summed E-state index contributed by atoms with van der Waals surface area (Å²) in [7, 11) is 1.61. The summed E-state index contributed by atoms with van der Waals surface area (Å²) in [4.78, 5) is 11.4. The van der Waals surface area contributed by atoms with E-state index in [1.54, 1.807) is 13.4 Å². The molecule has 0 fully saturated rings. The molecule has 5 nitrogen and oxygen atoms in total. The molecule has 0 saturated heterocycles. The largest absolute Gasteiger partial charge is 0.468 e. The molecular weight excluding hydrogens is 232 g/mol. The van der Waals surface area contributed by atoms with Crippen molar-refractivity contribution in [2.45, 2.75) is 25.8 Å². The maximum atomic E-state index is 11.4. The molecule has 1 heterocycles. The van der Waals surface area contributed by atoms with Gasteiger partial charge < -0.3 is 19.8 Å². The van der Waals surface area contributed by atoms with Gasteiger partial charge in [-0.3, -0.25) is 4.79 Å². The summed E-state index contributed by atoms with van der Waals surface area (Å²) in [6.07, 6.45) is 3.05. The number of rotatable bonds is 9. The zero-order valence-corrected chi connectivity index (χ0v) is 11.1. The molecule has 1 aromatic rings. The van der Waals surface area contributed by atoms with Gasteiger partial charge in [-0.15, -0.1) is 0 Å². The fourth-order valence-electron chi connectivity index (χ4n) is 1.68. The second-order valence-electron chi connectivity index (χ2n) is 4.02. The topological polar surface area (TPSA) is 63.5 Å². The smallest absolute Gasteiger partial charge is 0.221 e. The van der Waals surface area contributed by atoms with Gasteiger partial charge >= 0.3 is 0 Å². The van der Waals surface area contributed by atoms with Crippen molar-refractivity contribution >= 4 is 5.91 Å². The number of amides is 1. The standard InChI is InChI=1S/C13H22N2O3/c1-3-11(12-5-4-9-18-12)14-7-6-13(16)15-8-10-17-2/h4-5,9,11,14H,3,6-8,10H2,1-2H3,(H,15,16). The summed E-state index contributed by atoms with van der Waals surface area (Å²) in [5.74, 6) is 0.950. The highest BCUT2D eigenvalue weighted by atomic mass is 16.5. The van der Waals surface area contributed by atoms with Crippen LogP contribution in [0.1, 0.15) is 31.6 Å². The number of hydrogen-bond acceptors (Lipinski definition) is 4. The van der Waals surface area contributed by atoms with Crippen LogP contribution >= 0.6 is 0 Å². The lowest BCUT2D eigenvalue weighted by molar-refractivity contribution is -0.121. The van der Waals surface area contributed by atoms with E-state index < -0.39 is 0 Å². The summed E-state index contributed by atoms with van der Waals surface area (Å²) < 4.78 is 10.2. The van der Waals surface area contributed by atoms with Gasteiger partial charge in [0, 0.05) is 26.6 Å². The Morgan fingerprint density at radius 3 is 2.94 bits per heavy atom. The molecular formula is C13H22N2O3. The van der Waals surface area contributed by atoms with Crippen LogP contribution in [0, 0.1) is 0 Å². The number of hydrogen-bond donors (Lipinski definition) is 2. The van der Waals surface area contributed by atoms with Gasteiger partial charge in [0.05, 0.1) is 18.9 Å². The summed E-state index contributed by atoms with van der Waals surface area (Å²) in [6.45, 7) is 3.82. The van der Waals surface area contributed by atoms with Crippen LogP contribution in [-0.4, -0.2) is 32.7 Å². The molecule has 0 aliphatic carbocycles. The van der Waals surface area contributed by atoms with Gasteiger partial charge in [-0.05, 0) is 18.6 Å². The minimum atomic E-state index is 0.0360. The first kappa shape index (κ1) is 14.7. The van der Waals surface area contributed by atoms with Crippen LogP contribution in [0.4, 0.5) is 0 Å². The maximum Gasteiger partial charge on any atom is 0.221 e. The average molecular weight is 254 g/mol. The van der Waals surface area contributed by atoms with Gasteiger partial charge in [0.1, 0.15) is 5.76 Å². The van der Waals surface area contributed by atoms with Gasteiger partial charge in [-0.25, -0.2) is 0 Å². The van der Waals surface area contributed by atoms with Gasteiger partial charge in [-0.1, -0.05) is 6.92 Å². The first-order chi connectivity index (χ1) is 8.77. The van der Waals surface area contributed by atoms with Gasteiger partial charge in [-0.2, -0.15) is 0 Å². The molecule has 1 aromatic heterocycles. The van der Waals surface area contributed by atoms with E-state index in [-0.39, 0.29) is 11.9 Å². The summed E-state index contributed by atoms with van der Waals surface area (Å²) in [5, 5.41) is 6.09. The average Bonchev–Trinajstić information content (AvgIpc) is 2.89. The van der Waals surface area contributed by atoms with Crippen molar-refractivity contribution in [3.05, 3.63) is 24.2 Å². The molecule has 102 valence electrons. The molecule has 5 heteroatoms. The normalized spacial score (nSPS) is 12.3. The Labute approximate surface area is 108 Å². The minimum Gasteiger partial charge on any atom is -0.468 e. The highest BCUT2D eigenvalue weighted by Gasteiger charge is 2.11. The van der Waals surface area contributed by atoms with Crippen molar-refractivity contribution in [2.75, 3.05) is 26.8 Å². The number of furan rings is 1. The van der Waals surface area contributed by atoms with Crippen LogP contribution in [0.25, 0.3) is 0 Å². The van der Waals surface area contributed by atoms with E-state index in [1.165, 1.54) is 0 Å². The minimum absolute atomic E-state index is 0.0360. The highest BCUT2D eigenvalue weighted by molar-refractivity contribution is 5.76. The van der Waals surface area contributed by atoms with E-state index in [0.29, 0.717) is 26.1 Å². The molecule has 1 rings (SSSR count). The molecule has 1 atom stereocenters. The van der Waals surface area contributed by atoms with Crippen LogP contribution in [0.15, 0.2) is 22.8 Å². The van der Waals surface area contributed by atoms with Crippen LogP contribution < -0.4 is 10.6 Å². The monoisotopic (exact) mass is 254 g/mol. The number of carbonyl (C=O) groups is 1. The number of nitrogens with one attached hydrogen (secondary N) is 2. The molecule has 0 radical (unpaired) electrons. The molecule has 0 bridgehead atoms. The number of methoxy groups -OCH3 is 1. The van der Waals surface area contributed by atoms with Crippen molar-refractivity contribution in [1.29, 1.82) is 0 Å². The molecule has 0 saturated carbocycles. The maximum absolute atomic E-state index is 11.4. The third kappa shape index (κ3) is 5.33. The first-order valence-electron chi connectivity index (χ1n) is 6.30. The summed E-state index contributed by atoms with van der Waals surface area (Å²) >= 11 is 0. The number of ether oxygens (including phenoxy) is 1. The predicted molar refractivity (Wildman–Crippen MR) is 69.2 cm³/mol. The molecule has 1 unspecified atom stereocenters. The SMILES string of the molecule is CCC(NCCC(=O)NCCOC)c1ccco1. The quantitative estimate of drug-likeness (QED) is 0.655. The van der Waals surface area contributed by atoms with Gasteiger partial charge in [0.2, 0.25) is 5.91 Å². The predicted octanol–water partition coefficient (Wildman–Crippen LogP) is 1.47. The lowest BCUT2D eigenvalue weighted by atomic mass is 10.1. The zero-order chi connectivity index (χ0) is 13.2. The highest BCUT2D eigenvalue weighted by Crippen LogP contribution is 2.16. The Morgan fingerprint density at radius 2 is 2.33 bits per heavy atom. The van der Waals surface area contributed by atoms with Crippen molar-refractivity contribution in [3.8, 4) is 0 Å². The third-order valence-electron chi connectivity index (χ3n) is 2.67. The van der Waals surface area contributed by atoms with Gasteiger partial charge in [0.15, 0.2) is 0 Å². The van der Waals surface area contributed by atoms with E-state index in [0.717, 1.165) is 12.2 Å². The first-order valence-corrected chi connectivity index (χ1v) is 6.30. The molecule has 0 aromatic carbocycles. The molecule has 0 spiro atoms.